The molecule has 2 aromatic rings. The number of ether oxygens (including phenoxy) is 1. The van der Waals surface area contributed by atoms with Crippen LogP contribution in [0.15, 0.2) is 23.6 Å². The number of hydrogen-bond acceptors (Lipinski definition) is 6. The lowest BCUT2D eigenvalue weighted by molar-refractivity contribution is -0.117. The van der Waals surface area contributed by atoms with Gasteiger partial charge in [0.2, 0.25) is 5.91 Å². The van der Waals surface area contributed by atoms with Crippen molar-refractivity contribution < 1.29 is 14.3 Å². The molecule has 0 atom stereocenters. The first kappa shape index (κ1) is 17.9. The zero-order valence-corrected chi connectivity index (χ0v) is 15.2. The molecule has 0 aliphatic rings. The molecule has 0 aliphatic heterocycles. The molecular weight excluding hydrogens is 356 g/mol. The minimum Gasteiger partial charge on any atom is -0.465 e. The molecule has 0 saturated heterocycles. The summed E-state index contributed by atoms with van der Waals surface area (Å²) in [7, 11) is 1.32. The third kappa shape index (κ3) is 5.04. The molecule has 0 radical (unpaired) electrons. The Morgan fingerprint density at radius 1 is 1.35 bits per heavy atom. The fourth-order valence-electron chi connectivity index (χ4n) is 1.99. The molecule has 1 N–H and O–H groups in total. The number of carbonyl (C=O) groups is 2. The first-order chi connectivity index (χ1) is 11.0. The molecule has 2 rings (SSSR count). The number of amides is 1. The molecule has 0 fully saturated rings. The van der Waals surface area contributed by atoms with E-state index in [1.54, 1.807) is 11.4 Å². The molecule has 0 bridgehead atoms. The largest absolute Gasteiger partial charge is 0.465 e. The van der Waals surface area contributed by atoms with Crippen LogP contribution in [0.25, 0.3) is 0 Å². The van der Waals surface area contributed by atoms with Crippen LogP contribution < -0.4 is 5.32 Å². The van der Waals surface area contributed by atoms with Crippen molar-refractivity contribution in [2.45, 2.75) is 13.5 Å². The predicted octanol–water partition coefficient (Wildman–Crippen LogP) is 3.71. The lowest BCUT2D eigenvalue weighted by atomic mass is 10.3. The van der Waals surface area contributed by atoms with Crippen LogP contribution in [0.4, 0.5) is 5.69 Å². The van der Waals surface area contributed by atoms with Crippen molar-refractivity contribution in [3.05, 3.63) is 37.7 Å². The van der Waals surface area contributed by atoms with Crippen LogP contribution in [0.3, 0.4) is 0 Å². The molecule has 0 aromatic carbocycles. The molecule has 23 heavy (non-hydrogen) atoms. The Bertz CT molecular complexity index is 684. The van der Waals surface area contributed by atoms with Crippen LogP contribution >= 0.6 is 34.3 Å². The van der Waals surface area contributed by atoms with Crippen LogP contribution in [0, 0.1) is 0 Å². The van der Waals surface area contributed by atoms with Gasteiger partial charge in [0.05, 0.1) is 23.7 Å². The maximum absolute atomic E-state index is 12.2. The van der Waals surface area contributed by atoms with Gasteiger partial charge >= 0.3 is 5.97 Å². The average Bonchev–Trinajstić information content (AvgIpc) is 3.14. The number of rotatable bonds is 7. The number of nitrogens with zero attached hydrogens (tertiary/aromatic N) is 1. The Labute approximate surface area is 147 Å². The van der Waals surface area contributed by atoms with E-state index in [0.29, 0.717) is 17.1 Å². The molecular formula is C15H17ClN2O3S2. The number of nitrogens with one attached hydrogen (secondary N) is 1. The van der Waals surface area contributed by atoms with Crippen molar-refractivity contribution in [3.63, 3.8) is 0 Å². The number of carbonyl (C=O) groups excluding carboxylic acids is 2. The Hall–Kier alpha value is -1.41. The number of methoxy groups -OCH3 is 1. The molecule has 0 spiro atoms. The van der Waals surface area contributed by atoms with Crippen molar-refractivity contribution >= 4 is 51.8 Å². The summed E-state index contributed by atoms with van der Waals surface area (Å²) >= 11 is 8.67. The van der Waals surface area contributed by atoms with Crippen molar-refractivity contribution in [1.82, 2.24) is 4.90 Å². The topological polar surface area (TPSA) is 58.6 Å². The number of thiophene rings is 2. The maximum atomic E-state index is 12.2. The van der Waals surface area contributed by atoms with Gasteiger partial charge in [-0.15, -0.1) is 22.7 Å². The van der Waals surface area contributed by atoms with Crippen LogP contribution in [0.5, 0.6) is 0 Å². The quantitative estimate of drug-likeness (QED) is 0.753. The van der Waals surface area contributed by atoms with Crippen molar-refractivity contribution in [2.75, 3.05) is 25.5 Å². The summed E-state index contributed by atoms with van der Waals surface area (Å²) in [5, 5.41) is 4.51. The predicted molar refractivity (Wildman–Crippen MR) is 94.6 cm³/mol. The molecule has 0 saturated carbocycles. The molecule has 5 nitrogen and oxygen atoms in total. The van der Waals surface area contributed by atoms with E-state index in [1.807, 2.05) is 24.0 Å². The lowest BCUT2D eigenvalue weighted by Gasteiger charge is -2.19. The second-order valence-electron chi connectivity index (χ2n) is 4.71. The fraction of sp³-hybridized carbons (Fsp3) is 0.333. The van der Waals surface area contributed by atoms with Gasteiger partial charge in [-0.25, -0.2) is 4.79 Å². The summed E-state index contributed by atoms with van der Waals surface area (Å²) in [5.74, 6) is -0.617. The summed E-state index contributed by atoms with van der Waals surface area (Å²) in [4.78, 5) is 27.3. The molecule has 0 unspecified atom stereocenters. The minimum atomic E-state index is -0.448. The van der Waals surface area contributed by atoms with Gasteiger partial charge in [-0.1, -0.05) is 18.5 Å². The van der Waals surface area contributed by atoms with E-state index < -0.39 is 5.97 Å². The van der Waals surface area contributed by atoms with Crippen molar-refractivity contribution in [3.8, 4) is 0 Å². The number of hydrogen-bond donors (Lipinski definition) is 1. The van der Waals surface area contributed by atoms with E-state index in [0.717, 1.165) is 15.8 Å². The first-order valence-corrected chi connectivity index (χ1v) is 9.03. The summed E-state index contributed by atoms with van der Waals surface area (Å²) < 4.78 is 5.44. The molecule has 2 heterocycles. The van der Waals surface area contributed by atoms with Crippen LogP contribution in [0.1, 0.15) is 21.5 Å². The minimum absolute atomic E-state index is 0.168. The third-order valence-electron chi connectivity index (χ3n) is 3.13. The van der Waals surface area contributed by atoms with E-state index in [-0.39, 0.29) is 12.5 Å². The Kier molecular flexibility index (Phi) is 6.59. The summed E-state index contributed by atoms with van der Waals surface area (Å²) in [5.41, 5.74) is 0.488. The molecule has 2 aromatic heterocycles. The standard InChI is InChI=1S/C15H17ClN2O3S2/c1-3-18(8-10-4-5-12(16)23-10)9-13(19)17-11-6-7-22-14(11)15(20)21-2/h4-7H,3,8-9H2,1-2H3,(H,17,19). The van der Waals surface area contributed by atoms with E-state index >= 15 is 0 Å². The van der Waals surface area contributed by atoms with Gasteiger partial charge in [0.15, 0.2) is 0 Å². The average molecular weight is 373 g/mol. The Morgan fingerprint density at radius 3 is 2.74 bits per heavy atom. The van der Waals surface area contributed by atoms with E-state index in [4.69, 9.17) is 16.3 Å². The Balaban J connectivity index is 1.95. The number of likely N-dealkylation sites (N-methyl/N-ethyl adjacent to an activating group) is 1. The SMILES string of the molecule is CCN(CC(=O)Nc1ccsc1C(=O)OC)Cc1ccc(Cl)s1. The van der Waals surface area contributed by atoms with Crippen LogP contribution in [-0.2, 0) is 16.1 Å². The van der Waals surface area contributed by atoms with Crippen LogP contribution in [-0.4, -0.2) is 37.0 Å². The highest BCUT2D eigenvalue weighted by molar-refractivity contribution is 7.16. The summed E-state index contributed by atoms with van der Waals surface area (Å²) in [6.07, 6.45) is 0. The Morgan fingerprint density at radius 2 is 2.13 bits per heavy atom. The van der Waals surface area contributed by atoms with Gasteiger partial charge in [-0.05, 0) is 30.1 Å². The molecule has 124 valence electrons. The highest BCUT2D eigenvalue weighted by Crippen LogP contribution is 2.24. The van der Waals surface area contributed by atoms with Crippen LogP contribution in [0.2, 0.25) is 4.34 Å². The second-order valence-corrected chi connectivity index (χ2v) is 7.43. The van der Waals surface area contributed by atoms with E-state index in [1.165, 1.54) is 29.8 Å². The van der Waals surface area contributed by atoms with Gasteiger partial charge in [0.1, 0.15) is 4.88 Å². The van der Waals surface area contributed by atoms with Gasteiger partial charge in [-0.3, -0.25) is 9.69 Å². The summed E-state index contributed by atoms with van der Waals surface area (Å²) in [6.45, 7) is 3.63. The second kappa shape index (κ2) is 8.44. The normalized spacial score (nSPS) is 10.8. The first-order valence-electron chi connectivity index (χ1n) is 6.95. The smallest absolute Gasteiger partial charge is 0.350 e. The fourth-order valence-corrected chi connectivity index (χ4v) is 3.88. The zero-order chi connectivity index (χ0) is 16.8. The monoisotopic (exact) mass is 372 g/mol. The summed E-state index contributed by atoms with van der Waals surface area (Å²) in [6, 6.07) is 5.51. The van der Waals surface area contributed by atoms with Crippen molar-refractivity contribution in [1.29, 1.82) is 0 Å². The van der Waals surface area contributed by atoms with Gasteiger partial charge < -0.3 is 10.1 Å². The van der Waals surface area contributed by atoms with Gasteiger partial charge in [0.25, 0.3) is 0 Å². The van der Waals surface area contributed by atoms with E-state index in [9.17, 15) is 9.59 Å². The zero-order valence-electron chi connectivity index (χ0n) is 12.8. The highest BCUT2D eigenvalue weighted by atomic mass is 35.5. The number of anilines is 1. The highest BCUT2D eigenvalue weighted by Gasteiger charge is 2.17. The third-order valence-corrected chi connectivity index (χ3v) is 5.24. The molecule has 8 heteroatoms. The van der Waals surface area contributed by atoms with Gasteiger partial charge in [0, 0.05) is 11.4 Å². The number of esters is 1. The van der Waals surface area contributed by atoms with E-state index in [2.05, 4.69) is 5.32 Å². The van der Waals surface area contributed by atoms with Gasteiger partial charge in [-0.2, -0.15) is 0 Å². The molecule has 0 aliphatic carbocycles. The maximum Gasteiger partial charge on any atom is 0.350 e. The van der Waals surface area contributed by atoms with Crippen molar-refractivity contribution in [2.24, 2.45) is 0 Å². The molecule has 1 amide bonds. The lowest BCUT2D eigenvalue weighted by Crippen LogP contribution is -2.32. The number of halogens is 1.